The molecule has 146 valence electrons. The molecule has 6 heteroatoms. The molecule has 25 heavy (non-hydrogen) atoms. The van der Waals surface area contributed by atoms with Crippen LogP contribution < -0.4 is 5.32 Å². The van der Waals surface area contributed by atoms with E-state index >= 15 is 0 Å². The summed E-state index contributed by atoms with van der Waals surface area (Å²) < 4.78 is 5.54. The number of carbonyl (C=O) groups is 2. The highest BCUT2D eigenvalue weighted by Crippen LogP contribution is 2.21. The Bertz CT molecular complexity index is 446. The van der Waals surface area contributed by atoms with Crippen molar-refractivity contribution in [1.29, 1.82) is 0 Å². The van der Waals surface area contributed by atoms with Crippen LogP contribution >= 0.6 is 0 Å². The molecule has 1 fully saturated rings. The van der Waals surface area contributed by atoms with Gasteiger partial charge in [0.05, 0.1) is 0 Å². The van der Waals surface area contributed by atoms with Gasteiger partial charge in [-0.1, -0.05) is 6.92 Å². The molecule has 1 rings (SSSR count). The molecular weight excluding hydrogens is 318 g/mol. The molecule has 1 aliphatic rings. The molecule has 3 amide bonds. The van der Waals surface area contributed by atoms with Crippen LogP contribution in [0.1, 0.15) is 67.7 Å². The van der Waals surface area contributed by atoms with Crippen molar-refractivity contribution in [3.05, 3.63) is 0 Å². The topological polar surface area (TPSA) is 61.9 Å². The maximum absolute atomic E-state index is 12.5. The lowest BCUT2D eigenvalue weighted by Crippen LogP contribution is -2.51. The van der Waals surface area contributed by atoms with Crippen LogP contribution in [0.4, 0.5) is 9.59 Å². The van der Waals surface area contributed by atoms with Gasteiger partial charge >= 0.3 is 12.1 Å². The third kappa shape index (κ3) is 7.53. The second-order valence-corrected chi connectivity index (χ2v) is 8.44. The average Bonchev–Trinajstić information content (AvgIpc) is 2.50. The van der Waals surface area contributed by atoms with Gasteiger partial charge in [-0.2, -0.15) is 0 Å². The van der Waals surface area contributed by atoms with E-state index in [0.717, 1.165) is 25.8 Å². The lowest BCUT2D eigenvalue weighted by molar-refractivity contribution is 0.0131. The minimum atomic E-state index is -0.501. The second kappa shape index (κ2) is 9.30. The lowest BCUT2D eigenvalue weighted by Gasteiger charge is -2.37. The van der Waals surface area contributed by atoms with Crippen LogP contribution in [0.3, 0.4) is 0 Å². The summed E-state index contributed by atoms with van der Waals surface area (Å²) in [4.78, 5) is 28.5. The Morgan fingerprint density at radius 3 is 2.44 bits per heavy atom. The van der Waals surface area contributed by atoms with Gasteiger partial charge in [0, 0.05) is 31.7 Å². The molecule has 6 nitrogen and oxygen atoms in total. The van der Waals surface area contributed by atoms with E-state index in [1.165, 1.54) is 0 Å². The predicted octanol–water partition coefficient (Wildman–Crippen LogP) is 3.85. The van der Waals surface area contributed by atoms with E-state index in [0.29, 0.717) is 13.1 Å². The minimum Gasteiger partial charge on any atom is -0.444 e. The van der Waals surface area contributed by atoms with E-state index < -0.39 is 5.60 Å². The van der Waals surface area contributed by atoms with Gasteiger partial charge in [-0.15, -0.1) is 0 Å². The van der Waals surface area contributed by atoms with Crippen LogP contribution in [-0.4, -0.2) is 59.2 Å². The van der Waals surface area contributed by atoms with Crippen LogP contribution in [0.15, 0.2) is 0 Å². The summed E-state index contributed by atoms with van der Waals surface area (Å²) in [5, 5.41) is 3.03. The van der Waals surface area contributed by atoms with E-state index in [9.17, 15) is 9.59 Å². The zero-order valence-electron chi connectivity index (χ0n) is 17.1. The molecule has 0 spiro atoms. The highest BCUT2D eigenvalue weighted by molar-refractivity contribution is 5.74. The van der Waals surface area contributed by atoms with Crippen molar-refractivity contribution < 1.29 is 14.3 Å². The summed E-state index contributed by atoms with van der Waals surface area (Å²) in [7, 11) is 0. The summed E-state index contributed by atoms with van der Waals surface area (Å²) in [6.45, 7) is 15.8. The molecule has 0 saturated carbocycles. The van der Waals surface area contributed by atoms with Crippen LogP contribution in [-0.2, 0) is 4.74 Å². The van der Waals surface area contributed by atoms with Gasteiger partial charge in [0.2, 0.25) is 0 Å². The number of amides is 3. The molecule has 0 aromatic carbocycles. The van der Waals surface area contributed by atoms with Crippen molar-refractivity contribution >= 4 is 12.1 Å². The molecular formula is C19H37N3O3. The summed E-state index contributed by atoms with van der Waals surface area (Å²) in [5.41, 5.74) is -0.501. The average molecular weight is 356 g/mol. The highest BCUT2D eigenvalue weighted by atomic mass is 16.6. The summed E-state index contributed by atoms with van der Waals surface area (Å²) >= 11 is 0. The van der Waals surface area contributed by atoms with Crippen LogP contribution in [0.25, 0.3) is 0 Å². The molecule has 0 bridgehead atoms. The predicted molar refractivity (Wildman–Crippen MR) is 101 cm³/mol. The smallest absolute Gasteiger partial charge is 0.410 e. The largest absolute Gasteiger partial charge is 0.444 e. The van der Waals surface area contributed by atoms with E-state index in [-0.39, 0.29) is 30.1 Å². The monoisotopic (exact) mass is 355 g/mol. The number of carbonyl (C=O) groups excluding carboxylic acids is 2. The molecule has 0 aromatic rings. The Balaban J connectivity index is 2.66. The van der Waals surface area contributed by atoms with Gasteiger partial charge in [-0.3, -0.25) is 0 Å². The van der Waals surface area contributed by atoms with Gasteiger partial charge in [0.25, 0.3) is 0 Å². The zero-order valence-corrected chi connectivity index (χ0v) is 17.1. The molecule has 2 atom stereocenters. The summed E-state index contributed by atoms with van der Waals surface area (Å²) in [6.07, 6.45) is 2.64. The van der Waals surface area contributed by atoms with Crippen molar-refractivity contribution in [3.8, 4) is 0 Å². The number of hydrogen-bond acceptors (Lipinski definition) is 3. The van der Waals surface area contributed by atoms with Crippen molar-refractivity contribution in [3.63, 3.8) is 0 Å². The van der Waals surface area contributed by atoms with E-state index in [1.807, 2.05) is 46.4 Å². The van der Waals surface area contributed by atoms with Crippen LogP contribution in [0.2, 0.25) is 0 Å². The first-order valence-electron chi connectivity index (χ1n) is 9.58. The maximum Gasteiger partial charge on any atom is 0.410 e. The third-order valence-electron chi connectivity index (χ3n) is 4.49. The number of likely N-dealkylation sites (tertiary alicyclic amines) is 1. The standard InChI is InChI=1S/C19H37N3O3/c1-8-15(4)20-17(23)21-11-9-10-16(12-21)13-22(14(2)3)18(24)25-19(5,6)7/h14-16H,8-13H2,1-7H3,(H,20,23). The fourth-order valence-electron chi connectivity index (χ4n) is 2.90. The van der Waals surface area contributed by atoms with E-state index in [4.69, 9.17) is 4.74 Å². The molecule has 2 unspecified atom stereocenters. The molecule has 1 heterocycles. The van der Waals surface area contributed by atoms with Gasteiger partial charge in [-0.05, 0) is 66.7 Å². The van der Waals surface area contributed by atoms with E-state index in [1.54, 1.807) is 4.90 Å². The van der Waals surface area contributed by atoms with Gasteiger partial charge < -0.3 is 19.9 Å². The number of nitrogens with zero attached hydrogens (tertiary/aromatic N) is 2. The second-order valence-electron chi connectivity index (χ2n) is 8.44. The molecule has 1 N–H and O–H groups in total. The fraction of sp³-hybridized carbons (Fsp3) is 0.895. The molecule has 1 aliphatic heterocycles. The minimum absolute atomic E-state index is 0.00687. The number of urea groups is 1. The molecule has 0 aliphatic carbocycles. The van der Waals surface area contributed by atoms with Gasteiger partial charge in [-0.25, -0.2) is 9.59 Å². The first-order chi connectivity index (χ1) is 11.5. The Morgan fingerprint density at radius 1 is 1.28 bits per heavy atom. The number of nitrogens with one attached hydrogen (secondary N) is 1. The fourth-order valence-corrected chi connectivity index (χ4v) is 2.90. The first kappa shape index (κ1) is 21.6. The van der Waals surface area contributed by atoms with Crippen molar-refractivity contribution in [1.82, 2.24) is 15.1 Å². The lowest BCUT2D eigenvalue weighted by atomic mass is 9.97. The van der Waals surface area contributed by atoms with Gasteiger partial charge in [0.15, 0.2) is 0 Å². The molecule has 1 saturated heterocycles. The number of piperidine rings is 1. The SMILES string of the molecule is CCC(C)NC(=O)N1CCCC(CN(C(=O)OC(C)(C)C)C(C)C)C1. The Labute approximate surface area is 153 Å². The quantitative estimate of drug-likeness (QED) is 0.815. The van der Waals surface area contributed by atoms with Gasteiger partial charge in [0.1, 0.15) is 5.60 Å². The van der Waals surface area contributed by atoms with Crippen LogP contribution in [0.5, 0.6) is 0 Å². The van der Waals surface area contributed by atoms with Crippen molar-refractivity contribution in [2.24, 2.45) is 5.92 Å². The summed E-state index contributed by atoms with van der Waals surface area (Å²) in [5.74, 6) is 0.284. The van der Waals surface area contributed by atoms with Crippen molar-refractivity contribution in [2.75, 3.05) is 19.6 Å². The number of ether oxygens (including phenoxy) is 1. The summed E-state index contributed by atoms with van der Waals surface area (Å²) in [6, 6.07) is 0.258. The van der Waals surface area contributed by atoms with Crippen molar-refractivity contribution in [2.45, 2.75) is 85.4 Å². The Hall–Kier alpha value is -1.46. The van der Waals surface area contributed by atoms with Crippen LogP contribution in [0, 0.1) is 5.92 Å². The van der Waals surface area contributed by atoms with E-state index in [2.05, 4.69) is 12.2 Å². The zero-order chi connectivity index (χ0) is 19.2. The molecule has 0 radical (unpaired) electrons. The maximum atomic E-state index is 12.5. The first-order valence-corrected chi connectivity index (χ1v) is 9.58. The number of hydrogen-bond donors (Lipinski definition) is 1. The Morgan fingerprint density at radius 2 is 1.92 bits per heavy atom. The molecule has 0 aromatic heterocycles. The normalized spacial score (nSPS) is 19.5. The Kier molecular flexibility index (Phi) is 8.03. The highest BCUT2D eigenvalue weighted by Gasteiger charge is 2.30. The third-order valence-corrected chi connectivity index (χ3v) is 4.49. The number of rotatable bonds is 5.